The minimum atomic E-state index is -3.58. The van der Waals surface area contributed by atoms with Gasteiger partial charge < -0.3 is 9.73 Å². The Labute approximate surface area is 220 Å². The number of nitrogens with zero attached hydrogens (tertiary/aromatic N) is 5. The molecule has 4 aromatic rings. The first-order valence-electron chi connectivity index (χ1n) is 12.3. The Hall–Kier alpha value is -3.46. The zero-order valence-corrected chi connectivity index (χ0v) is 22.6. The first kappa shape index (κ1) is 25.2. The second kappa shape index (κ2) is 10.1. The number of nitriles is 1. The van der Waals surface area contributed by atoms with E-state index in [1.54, 1.807) is 18.5 Å². The van der Waals surface area contributed by atoms with Gasteiger partial charge in [-0.1, -0.05) is 19.9 Å². The molecule has 1 aliphatic rings. The third-order valence-corrected chi connectivity index (χ3v) is 10.3. The number of fused-ring (bicyclic) bond motifs is 1. The fraction of sp³-hybridized carbons (Fsp3) is 0.346. The van der Waals surface area contributed by atoms with Crippen LogP contribution >= 0.6 is 11.3 Å². The summed E-state index contributed by atoms with van der Waals surface area (Å²) >= 11 is 1.20. The van der Waals surface area contributed by atoms with Gasteiger partial charge in [-0.05, 0) is 49.8 Å². The highest BCUT2D eigenvalue weighted by Gasteiger charge is 2.27. The third-order valence-electron chi connectivity index (χ3n) is 6.51. The van der Waals surface area contributed by atoms with Crippen LogP contribution in [0.25, 0.3) is 22.5 Å². The lowest BCUT2D eigenvalue weighted by molar-refractivity contribution is 0.446. The molecule has 0 amide bonds. The van der Waals surface area contributed by atoms with Crippen molar-refractivity contribution in [1.82, 2.24) is 18.7 Å². The average molecular weight is 537 g/mol. The van der Waals surface area contributed by atoms with E-state index in [-0.39, 0.29) is 5.76 Å². The maximum absolute atomic E-state index is 13.2. The normalized spacial score (nSPS) is 14.2. The minimum absolute atomic E-state index is 0.226. The van der Waals surface area contributed by atoms with Crippen molar-refractivity contribution < 1.29 is 12.8 Å². The molecule has 4 aromatic heterocycles. The van der Waals surface area contributed by atoms with E-state index in [9.17, 15) is 13.7 Å². The largest absolute Gasteiger partial charge is 0.453 e. The summed E-state index contributed by atoms with van der Waals surface area (Å²) in [6, 6.07) is 5.54. The highest BCUT2D eigenvalue weighted by Crippen LogP contribution is 2.36. The van der Waals surface area contributed by atoms with Gasteiger partial charge in [-0.2, -0.15) is 9.57 Å². The molecule has 11 heteroatoms. The topological polar surface area (TPSA) is 117 Å². The fourth-order valence-corrected chi connectivity index (χ4v) is 7.81. The zero-order valence-electron chi connectivity index (χ0n) is 21.0. The summed E-state index contributed by atoms with van der Waals surface area (Å²) in [5, 5.41) is 13.2. The molecule has 0 unspecified atom stereocenters. The second-order valence-corrected chi connectivity index (χ2v) is 12.1. The first-order valence-corrected chi connectivity index (χ1v) is 14.6. The number of aryl methyl sites for hydroxylation is 1. The van der Waals surface area contributed by atoms with Crippen LogP contribution < -0.4 is 5.32 Å². The molecule has 37 heavy (non-hydrogen) atoms. The van der Waals surface area contributed by atoms with E-state index in [0.29, 0.717) is 39.3 Å². The predicted octanol–water partition coefficient (Wildman–Crippen LogP) is 5.96. The molecule has 5 rings (SSSR count). The lowest BCUT2D eigenvalue weighted by atomic mass is 9.97. The molecule has 0 saturated carbocycles. The number of rotatable bonds is 8. The number of sulfonamides is 1. The number of thiophene rings is 1. The van der Waals surface area contributed by atoms with Crippen LogP contribution in [-0.2, 0) is 10.0 Å². The van der Waals surface area contributed by atoms with Crippen molar-refractivity contribution in [2.75, 3.05) is 18.4 Å². The summed E-state index contributed by atoms with van der Waals surface area (Å²) in [5.74, 6) is 0.760. The summed E-state index contributed by atoms with van der Waals surface area (Å²) in [7, 11) is -3.58. The molecule has 0 radical (unpaired) electrons. The first-order chi connectivity index (χ1) is 17.8. The van der Waals surface area contributed by atoms with E-state index in [1.165, 1.54) is 21.2 Å². The van der Waals surface area contributed by atoms with E-state index in [1.807, 2.05) is 43.5 Å². The molecule has 0 aliphatic heterocycles. The van der Waals surface area contributed by atoms with Gasteiger partial charge in [0.2, 0.25) is 5.76 Å². The van der Waals surface area contributed by atoms with E-state index in [0.717, 1.165) is 42.6 Å². The van der Waals surface area contributed by atoms with Crippen LogP contribution in [0.4, 0.5) is 10.8 Å². The lowest BCUT2D eigenvalue weighted by Crippen LogP contribution is -2.30. The summed E-state index contributed by atoms with van der Waals surface area (Å²) in [6.07, 6.45) is 11.7. The molecule has 0 bridgehead atoms. The van der Waals surface area contributed by atoms with Crippen LogP contribution in [0.1, 0.15) is 56.5 Å². The Morgan fingerprint density at radius 2 is 2.08 bits per heavy atom. The molecular weight excluding hydrogens is 508 g/mol. The van der Waals surface area contributed by atoms with Crippen molar-refractivity contribution in [3.8, 4) is 17.3 Å². The molecule has 4 heterocycles. The van der Waals surface area contributed by atoms with Crippen LogP contribution in [0.15, 0.2) is 45.5 Å². The molecule has 9 nitrogen and oxygen atoms in total. The van der Waals surface area contributed by atoms with Gasteiger partial charge in [-0.3, -0.25) is 4.40 Å². The number of anilines is 2. The number of nitrogens with one attached hydrogen (secondary N) is 1. The SMILES string of the molecule is CCN(CC)S(=O)(=O)c1sc(Nc2nc(C3=CCCCC3)cn3c(-c4coc(C#N)c4)cnc23)cc1C. The average Bonchev–Trinajstić information content (AvgIpc) is 3.63. The molecule has 0 saturated heterocycles. The summed E-state index contributed by atoms with van der Waals surface area (Å²) < 4.78 is 35.4. The van der Waals surface area contributed by atoms with Gasteiger partial charge in [0.1, 0.15) is 16.5 Å². The van der Waals surface area contributed by atoms with Gasteiger partial charge in [0.25, 0.3) is 10.0 Å². The molecule has 1 aliphatic carbocycles. The minimum Gasteiger partial charge on any atom is -0.453 e. The highest BCUT2D eigenvalue weighted by atomic mass is 32.2. The molecule has 0 spiro atoms. The van der Waals surface area contributed by atoms with Gasteiger partial charge in [-0.15, -0.1) is 11.3 Å². The molecule has 0 atom stereocenters. The Morgan fingerprint density at radius 3 is 2.76 bits per heavy atom. The maximum atomic E-state index is 13.2. The van der Waals surface area contributed by atoms with Crippen LogP contribution in [0, 0.1) is 18.3 Å². The Bertz CT molecular complexity index is 1630. The van der Waals surface area contributed by atoms with Gasteiger partial charge >= 0.3 is 0 Å². The Kier molecular flexibility index (Phi) is 6.90. The lowest BCUT2D eigenvalue weighted by Gasteiger charge is -2.17. The molecular formula is C26H28N6O3S2. The number of furan rings is 1. The van der Waals surface area contributed by atoms with E-state index in [4.69, 9.17) is 9.40 Å². The summed E-state index contributed by atoms with van der Waals surface area (Å²) in [4.78, 5) is 9.54. The van der Waals surface area contributed by atoms with E-state index >= 15 is 0 Å². The number of allylic oxidation sites excluding steroid dienone is 2. The Morgan fingerprint density at radius 1 is 1.27 bits per heavy atom. The van der Waals surface area contributed by atoms with Gasteiger partial charge in [0.05, 0.1) is 22.6 Å². The van der Waals surface area contributed by atoms with Crippen LogP contribution in [0.5, 0.6) is 0 Å². The number of hydrogen-bond donors (Lipinski definition) is 1. The highest BCUT2D eigenvalue weighted by molar-refractivity contribution is 7.91. The number of hydrogen-bond acceptors (Lipinski definition) is 8. The quantitative estimate of drug-likeness (QED) is 0.295. The number of aromatic nitrogens is 3. The van der Waals surface area contributed by atoms with Crippen LogP contribution in [-0.4, -0.2) is 40.2 Å². The third kappa shape index (κ3) is 4.68. The fourth-order valence-electron chi connectivity index (χ4n) is 4.62. The predicted molar refractivity (Wildman–Crippen MR) is 144 cm³/mol. The monoisotopic (exact) mass is 536 g/mol. The van der Waals surface area contributed by atoms with Crippen LogP contribution in [0.3, 0.4) is 0 Å². The van der Waals surface area contributed by atoms with Crippen molar-refractivity contribution in [1.29, 1.82) is 5.26 Å². The van der Waals surface area contributed by atoms with Gasteiger partial charge in [0.15, 0.2) is 11.5 Å². The van der Waals surface area contributed by atoms with E-state index < -0.39 is 10.0 Å². The number of imidazole rings is 1. The van der Waals surface area contributed by atoms with Crippen molar-refractivity contribution in [3.05, 3.63) is 53.9 Å². The molecule has 192 valence electrons. The smallest absolute Gasteiger partial charge is 0.252 e. The molecule has 0 aromatic carbocycles. The summed E-state index contributed by atoms with van der Waals surface area (Å²) in [5.41, 5.74) is 4.80. The van der Waals surface area contributed by atoms with Crippen molar-refractivity contribution in [2.24, 2.45) is 0 Å². The Balaban J connectivity index is 1.61. The van der Waals surface area contributed by atoms with Crippen molar-refractivity contribution in [3.63, 3.8) is 0 Å². The maximum Gasteiger partial charge on any atom is 0.252 e. The zero-order chi connectivity index (χ0) is 26.2. The van der Waals surface area contributed by atoms with E-state index in [2.05, 4.69) is 16.4 Å². The van der Waals surface area contributed by atoms with Crippen LogP contribution in [0.2, 0.25) is 0 Å². The molecule has 1 N–H and O–H groups in total. The summed E-state index contributed by atoms with van der Waals surface area (Å²) in [6.45, 7) is 6.31. The van der Waals surface area contributed by atoms with Gasteiger partial charge in [-0.25, -0.2) is 18.4 Å². The van der Waals surface area contributed by atoms with Crippen molar-refractivity contribution in [2.45, 2.75) is 50.7 Å². The standard InChI is InChI=1S/C26H28N6O3S2/c1-4-31(5-2)37(33,34)26-17(3)11-23(36-26)30-24-25-28-14-22(19-12-20(13-27)35-16-19)32(25)15-21(29-24)18-9-7-6-8-10-18/h9,11-12,14-16H,4-8,10H2,1-3H3,(H,29,30). The van der Waals surface area contributed by atoms with Gasteiger partial charge in [0, 0.05) is 30.9 Å². The van der Waals surface area contributed by atoms with Crippen molar-refractivity contribution >= 4 is 43.4 Å². The second-order valence-electron chi connectivity index (χ2n) is 8.89. The molecule has 0 fully saturated rings.